The summed E-state index contributed by atoms with van der Waals surface area (Å²) < 4.78 is 2.11. The highest BCUT2D eigenvalue weighted by atomic mass is 16.3. The zero-order valence-electron chi connectivity index (χ0n) is 7.35. The Morgan fingerprint density at radius 3 is 3.15 bits per heavy atom. The summed E-state index contributed by atoms with van der Waals surface area (Å²) in [6, 6.07) is 5.96. The minimum absolute atomic E-state index is 0.236. The summed E-state index contributed by atoms with van der Waals surface area (Å²) in [4.78, 5) is 4.23. The minimum Gasteiger partial charge on any atom is -0.396 e. The highest BCUT2D eigenvalue weighted by Gasteiger charge is 1.99. The largest absolute Gasteiger partial charge is 0.396 e. The van der Waals surface area contributed by atoms with Crippen molar-refractivity contribution in [2.45, 2.75) is 13.0 Å². The number of pyridine rings is 1. The number of aliphatic hydroxyl groups excluding tert-OH is 1. The lowest BCUT2D eigenvalue weighted by Crippen LogP contribution is -1.97. The summed E-state index contributed by atoms with van der Waals surface area (Å²) in [5.74, 6) is 0. The molecule has 0 aliphatic rings. The Morgan fingerprint density at radius 1 is 1.38 bits per heavy atom. The highest BCUT2D eigenvalue weighted by molar-refractivity contribution is 5.75. The van der Waals surface area contributed by atoms with Crippen molar-refractivity contribution in [3.05, 3.63) is 30.6 Å². The van der Waals surface area contributed by atoms with Gasteiger partial charge in [0.2, 0.25) is 0 Å². The van der Waals surface area contributed by atoms with E-state index in [-0.39, 0.29) is 6.61 Å². The Balaban J connectivity index is 2.35. The number of hydrogen-bond acceptors (Lipinski definition) is 2. The zero-order chi connectivity index (χ0) is 9.10. The van der Waals surface area contributed by atoms with Gasteiger partial charge in [-0.05, 0) is 24.6 Å². The van der Waals surface area contributed by atoms with E-state index in [2.05, 4.69) is 9.55 Å². The average Bonchev–Trinajstić information content (AvgIpc) is 2.58. The van der Waals surface area contributed by atoms with E-state index < -0.39 is 0 Å². The maximum absolute atomic E-state index is 8.71. The van der Waals surface area contributed by atoms with Crippen molar-refractivity contribution in [1.29, 1.82) is 0 Å². The maximum Gasteiger partial charge on any atom is 0.0880 e. The van der Waals surface area contributed by atoms with E-state index in [0.29, 0.717) is 0 Å². The summed E-state index contributed by atoms with van der Waals surface area (Å²) in [7, 11) is 0. The fourth-order valence-corrected chi connectivity index (χ4v) is 1.46. The van der Waals surface area contributed by atoms with E-state index >= 15 is 0 Å². The SMILES string of the molecule is OCCCn1ccc2ncccc21. The molecule has 0 aliphatic carbocycles. The van der Waals surface area contributed by atoms with Crippen LogP contribution >= 0.6 is 0 Å². The molecular weight excluding hydrogens is 164 g/mol. The predicted molar refractivity (Wildman–Crippen MR) is 51.4 cm³/mol. The number of fused-ring (bicyclic) bond motifs is 1. The van der Waals surface area contributed by atoms with Crippen LogP contribution in [0.15, 0.2) is 30.6 Å². The summed E-state index contributed by atoms with van der Waals surface area (Å²) in [6.45, 7) is 1.09. The normalized spacial score (nSPS) is 10.8. The van der Waals surface area contributed by atoms with E-state index in [0.717, 1.165) is 24.0 Å². The molecule has 0 aliphatic heterocycles. The van der Waals surface area contributed by atoms with Crippen LogP contribution in [0.3, 0.4) is 0 Å². The predicted octanol–water partition coefficient (Wildman–Crippen LogP) is 1.42. The molecule has 0 unspecified atom stereocenters. The summed E-state index contributed by atoms with van der Waals surface area (Å²) in [5.41, 5.74) is 2.15. The Morgan fingerprint density at radius 2 is 2.31 bits per heavy atom. The molecule has 2 rings (SSSR count). The van der Waals surface area contributed by atoms with Gasteiger partial charge in [-0.25, -0.2) is 0 Å². The fourth-order valence-electron chi connectivity index (χ4n) is 1.46. The fraction of sp³-hybridized carbons (Fsp3) is 0.300. The molecule has 13 heavy (non-hydrogen) atoms. The number of rotatable bonds is 3. The smallest absolute Gasteiger partial charge is 0.0880 e. The third kappa shape index (κ3) is 1.55. The van der Waals surface area contributed by atoms with Crippen LogP contribution in [0.2, 0.25) is 0 Å². The second kappa shape index (κ2) is 3.58. The molecule has 68 valence electrons. The lowest BCUT2D eigenvalue weighted by Gasteiger charge is -2.02. The number of aryl methyl sites for hydroxylation is 1. The van der Waals surface area contributed by atoms with Crippen molar-refractivity contribution < 1.29 is 5.11 Å². The number of nitrogens with zero attached hydrogens (tertiary/aromatic N) is 2. The Kier molecular flexibility index (Phi) is 2.27. The third-order valence-corrected chi connectivity index (χ3v) is 2.10. The van der Waals surface area contributed by atoms with Crippen LogP contribution in [0, 0.1) is 0 Å². The minimum atomic E-state index is 0.236. The van der Waals surface area contributed by atoms with Crippen molar-refractivity contribution in [3.8, 4) is 0 Å². The topological polar surface area (TPSA) is 38.0 Å². The quantitative estimate of drug-likeness (QED) is 0.768. The molecule has 3 heteroatoms. The van der Waals surface area contributed by atoms with Crippen molar-refractivity contribution >= 4 is 11.0 Å². The zero-order valence-corrected chi connectivity index (χ0v) is 7.35. The number of aliphatic hydroxyl groups is 1. The molecule has 0 amide bonds. The van der Waals surface area contributed by atoms with E-state index in [4.69, 9.17) is 5.11 Å². The van der Waals surface area contributed by atoms with E-state index in [1.54, 1.807) is 6.20 Å². The van der Waals surface area contributed by atoms with Crippen LogP contribution in [0.4, 0.5) is 0 Å². The van der Waals surface area contributed by atoms with Crippen LogP contribution < -0.4 is 0 Å². The summed E-state index contributed by atoms with van der Waals surface area (Å²) in [6.07, 6.45) is 4.59. The molecule has 0 spiro atoms. The summed E-state index contributed by atoms with van der Waals surface area (Å²) >= 11 is 0. The molecule has 0 fully saturated rings. The van der Waals surface area contributed by atoms with Gasteiger partial charge in [-0.2, -0.15) is 0 Å². The molecule has 0 saturated heterocycles. The van der Waals surface area contributed by atoms with Crippen molar-refractivity contribution in [3.63, 3.8) is 0 Å². The van der Waals surface area contributed by atoms with Crippen molar-refractivity contribution in [1.82, 2.24) is 9.55 Å². The molecule has 0 atom stereocenters. The third-order valence-electron chi connectivity index (χ3n) is 2.10. The first-order valence-corrected chi connectivity index (χ1v) is 4.42. The van der Waals surface area contributed by atoms with Crippen LogP contribution in [-0.2, 0) is 6.54 Å². The van der Waals surface area contributed by atoms with E-state index in [1.807, 2.05) is 24.4 Å². The van der Waals surface area contributed by atoms with Crippen LogP contribution in [0.5, 0.6) is 0 Å². The molecule has 1 N–H and O–H groups in total. The van der Waals surface area contributed by atoms with Gasteiger partial charge in [-0.3, -0.25) is 4.98 Å². The molecule has 3 nitrogen and oxygen atoms in total. The van der Waals surface area contributed by atoms with Crippen LogP contribution in [0.25, 0.3) is 11.0 Å². The van der Waals surface area contributed by atoms with Gasteiger partial charge >= 0.3 is 0 Å². The lowest BCUT2D eigenvalue weighted by molar-refractivity contribution is 0.280. The molecule has 2 aromatic heterocycles. The van der Waals surface area contributed by atoms with Gasteiger partial charge < -0.3 is 9.67 Å². The van der Waals surface area contributed by atoms with Gasteiger partial charge in [0.05, 0.1) is 11.0 Å². The molecule has 0 radical (unpaired) electrons. The molecule has 2 aromatic rings. The Bertz CT molecular complexity index is 394. The van der Waals surface area contributed by atoms with Crippen molar-refractivity contribution in [2.75, 3.05) is 6.61 Å². The monoisotopic (exact) mass is 176 g/mol. The first kappa shape index (κ1) is 8.26. The Hall–Kier alpha value is -1.35. The highest BCUT2D eigenvalue weighted by Crippen LogP contribution is 2.12. The molecule has 0 saturated carbocycles. The van der Waals surface area contributed by atoms with Gasteiger partial charge in [0.15, 0.2) is 0 Å². The molecule has 2 heterocycles. The molecule has 0 aromatic carbocycles. The van der Waals surface area contributed by atoms with Crippen LogP contribution in [-0.4, -0.2) is 21.3 Å². The van der Waals surface area contributed by atoms with E-state index in [1.165, 1.54) is 0 Å². The van der Waals surface area contributed by atoms with Gasteiger partial charge in [-0.1, -0.05) is 0 Å². The number of aromatic nitrogens is 2. The van der Waals surface area contributed by atoms with Gasteiger partial charge in [0.1, 0.15) is 0 Å². The van der Waals surface area contributed by atoms with Crippen molar-refractivity contribution in [2.24, 2.45) is 0 Å². The second-order valence-corrected chi connectivity index (χ2v) is 2.99. The standard InChI is InChI=1S/C10H12N2O/c13-8-2-6-12-7-4-9-10(12)3-1-5-11-9/h1,3-5,7,13H,2,6,8H2. The first-order chi connectivity index (χ1) is 6.42. The average molecular weight is 176 g/mol. The lowest BCUT2D eigenvalue weighted by atomic mass is 10.4. The molecule has 0 bridgehead atoms. The second-order valence-electron chi connectivity index (χ2n) is 2.99. The Labute approximate surface area is 76.6 Å². The van der Waals surface area contributed by atoms with Crippen LogP contribution in [0.1, 0.15) is 6.42 Å². The van der Waals surface area contributed by atoms with Gasteiger partial charge in [-0.15, -0.1) is 0 Å². The van der Waals surface area contributed by atoms with Gasteiger partial charge in [0, 0.05) is 25.5 Å². The number of hydrogen-bond donors (Lipinski definition) is 1. The molecular formula is C10H12N2O. The van der Waals surface area contributed by atoms with E-state index in [9.17, 15) is 0 Å². The summed E-state index contributed by atoms with van der Waals surface area (Å²) in [5, 5.41) is 8.71. The van der Waals surface area contributed by atoms with Gasteiger partial charge in [0.25, 0.3) is 0 Å². The first-order valence-electron chi connectivity index (χ1n) is 4.42. The maximum atomic E-state index is 8.71.